The van der Waals surface area contributed by atoms with Gasteiger partial charge >= 0.3 is 0 Å². The van der Waals surface area contributed by atoms with Crippen molar-refractivity contribution in [1.29, 1.82) is 0 Å². The maximum Gasteiger partial charge on any atom is 0.254 e. The Labute approximate surface area is 159 Å². The smallest absolute Gasteiger partial charge is 0.254 e. The quantitative estimate of drug-likeness (QED) is 0.841. The lowest BCUT2D eigenvalue weighted by atomic mass is 10.2. The summed E-state index contributed by atoms with van der Waals surface area (Å²) in [5.74, 6) is -0.107. The molecule has 0 aliphatic carbocycles. The predicted octanol–water partition coefficient (Wildman–Crippen LogP) is 2.42. The van der Waals surface area contributed by atoms with E-state index in [4.69, 9.17) is 16.3 Å². The predicted molar refractivity (Wildman–Crippen MR) is 102 cm³/mol. The lowest BCUT2D eigenvalue weighted by Gasteiger charge is -2.35. The molecule has 6 nitrogen and oxygen atoms in total. The fourth-order valence-corrected chi connectivity index (χ4v) is 3.46. The molecule has 1 aromatic heterocycles. The minimum Gasteiger partial charge on any atom is -0.373 e. The molecular formula is C19H25ClN4O2. The summed E-state index contributed by atoms with van der Waals surface area (Å²) in [6, 6.07) is 7.63. The molecule has 1 amide bonds. The van der Waals surface area contributed by atoms with Crippen LogP contribution in [0.2, 0.25) is 5.02 Å². The topological polar surface area (TPSA) is 59.4 Å². The highest BCUT2D eigenvalue weighted by Crippen LogP contribution is 2.16. The summed E-state index contributed by atoms with van der Waals surface area (Å²) in [4.78, 5) is 14.6. The standard InChI is InChI=1S/C19H25ClN4O2/c1-14-10-23(11-15(2)26-14)8-7-21-19(25)17-9-22-24(13-17)12-16-5-3-4-6-18(16)20/h3-6,9,13-15H,7-8,10-12H2,1-2H3,(H,21,25). The zero-order chi connectivity index (χ0) is 18.5. The number of nitrogens with one attached hydrogen (secondary N) is 1. The molecule has 1 aromatic carbocycles. The molecule has 7 heteroatoms. The maximum atomic E-state index is 12.3. The van der Waals surface area contributed by atoms with Crippen LogP contribution in [0.3, 0.4) is 0 Å². The monoisotopic (exact) mass is 376 g/mol. The van der Waals surface area contributed by atoms with Gasteiger partial charge in [-0.3, -0.25) is 14.4 Å². The van der Waals surface area contributed by atoms with Crippen LogP contribution < -0.4 is 5.32 Å². The molecule has 1 fully saturated rings. The summed E-state index contributed by atoms with van der Waals surface area (Å²) in [7, 11) is 0. The Balaban J connectivity index is 1.48. The minimum atomic E-state index is -0.107. The Morgan fingerprint density at radius 3 is 2.77 bits per heavy atom. The fraction of sp³-hybridized carbons (Fsp3) is 0.474. The Bertz CT molecular complexity index is 739. The van der Waals surface area contributed by atoms with Crippen LogP contribution in [0.1, 0.15) is 29.8 Å². The second-order valence-corrected chi connectivity index (χ2v) is 7.20. The summed E-state index contributed by atoms with van der Waals surface area (Å²) >= 11 is 6.17. The van der Waals surface area contributed by atoms with Gasteiger partial charge in [0.15, 0.2) is 0 Å². The van der Waals surface area contributed by atoms with Crippen molar-refractivity contribution < 1.29 is 9.53 Å². The number of hydrogen-bond donors (Lipinski definition) is 1. The maximum absolute atomic E-state index is 12.3. The third kappa shape index (κ3) is 5.06. The van der Waals surface area contributed by atoms with Crippen molar-refractivity contribution in [1.82, 2.24) is 20.0 Å². The van der Waals surface area contributed by atoms with Crippen LogP contribution in [0.5, 0.6) is 0 Å². The van der Waals surface area contributed by atoms with E-state index in [0.717, 1.165) is 25.2 Å². The highest BCUT2D eigenvalue weighted by Gasteiger charge is 2.21. The molecule has 2 unspecified atom stereocenters. The highest BCUT2D eigenvalue weighted by atomic mass is 35.5. The molecule has 2 aromatic rings. The van der Waals surface area contributed by atoms with E-state index in [2.05, 4.69) is 29.2 Å². The minimum absolute atomic E-state index is 0.107. The number of benzene rings is 1. The molecule has 0 saturated carbocycles. The Kier molecular flexibility index (Phi) is 6.29. The number of carbonyl (C=O) groups excluding carboxylic acids is 1. The summed E-state index contributed by atoms with van der Waals surface area (Å²) < 4.78 is 7.45. The average molecular weight is 377 g/mol. The van der Waals surface area contributed by atoms with Gasteiger partial charge in [0.2, 0.25) is 0 Å². The highest BCUT2D eigenvalue weighted by molar-refractivity contribution is 6.31. The van der Waals surface area contributed by atoms with Gasteiger partial charge in [0.25, 0.3) is 5.91 Å². The average Bonchev–Trinajstić information content (AvgIpc) is 3.05. The third-order valence-corrected chi connectivity index (χ3v) is 4.76. The third-order valence-electron chi connectivity index (χ3n) is 4.39. The van der Waals surface area contributed by atoms with Crippen LogP contribution in [-0.4, -0.2) is 59.0 Å². The van der Waals surface area contributed by atoms with Crippen LogP contribution in [0.4, 0.5) is 0 Å². The van der Waals surface area contributed by atoms with Gasteiger partial charge in [-0.1, -0.05) is 29.8 Å². The Morgan fingerprint density at radius 2 is 2.04 bits per heavy atom. The summed E-state index contributed by atoms with van der Waals surface area (Å²) in [6.07, 6.45) is 3.80. The zero-order valence-electron chi connectivity index (χ0n) is 15.2. The van der Waals surface area contributed by atoms with Gasteiger partial charge in [-0.25, -0.2) is 0 Å². The van der Waals surface area contributed by atoms with Crippen molar-refractivity contribution in [3.63, 3.8) is 0 Å². The van der Waals surface area contributed by atoms with E-state index < -0.39 is 0 Å². The Hall–Kier alpha value is -1.89. The van der Waals surface area contributed by atoms with Crippen molar-refractivity contribution in [2.45, 2.75) is 32.6 Å². The number of hydrogen-bond acceptors (Lipinski definition) is 4. The lowest BCUT2D eigenvalue weighted by molar-refractivity contribution is -0.0672. The van der Waals surface area contributed by atoms with Crippen molar-refractivity contribution in [3.05, 3.63) is 52.8 Å². The molecule has 0 spiro atoms. The van der Waals surface area contributed by atoms with E-state index in [1.54, 1.807) is 17.1 Å². The largest absolute Gasteiger partial charge is 0.373 e. The second kappa shape index (κ2) is 8.66. The molecule has 26 heavy (non-hydrogen) atoms. The van der Waals surface area contributed by atoms with Gasteiger partial charge in [0.05, 0.1) is 30.5 Å². The van der Waals surface area contributed by atoms with Crippen molar-refractivity contribution in [2.24, 2.45) is 0 Å². The number of aromatic nitrogens is 2. The van der Waals surface area contributed by atoms with Crippen molar-refractivity contribution in [2.75, 3.05) is 26.2 Å². The van der Waals surface area contributed by atoms with E-state index >= 15 is 0 Å². The van der Waals surface area contributed by atoms with Crippen LogP contribution in [0, 0.1) is 0 Å². The number of amides is 1. The molecule has 0 bridgehead atoms. The molecule has 140 valence electrons. The van der Waals surface area contributed by atoms with Crippen molar-refractivity contribution >= 4 is 17.5 Å². The summed E-state index contributed by atoms with van der Waals surface area (Å²) in [5, 5.41) is 7.92. The molecular weight excluding hydrogens is 352 g/mol. The van der Waals surface area contributed by atoms with E-state index in [9.17, 15) is 4.79 Å². The first-order chi connectivity index (χ1) is 12.5. The number of halogens is 1. The molecule has 0 radical (unpaired) electrons. The van der Waals surface area contributed by atoms with E-state index in [1.165, 1.54) is 0 Å². The van der Waals surface area contributed by atoms with Crippen LogP contribution >= 0.6 is 11.6 Å². The first kappa shape index (κ1) is 18.9. The molecule has 1 aliphatic rings. The number of nitrogens with zero attached hydrogens (tertiary/aromatic N) is 3. The summed E-state index contributed by atoms with van der Waals surface area (Å²) in [6.45, 7) is 7.91. The normalized spacial score (nSPS) is 20.9. The van der Waals surface area contributed by atoms with Gasteiger partial charge in [-0.05, 0) is 25.5 Å². The van der Waals surface area contributed by atoms with Gasteiger partial charge in [-0.15, -0.1) is 0 Å². The van der Waals surface area contributed by atoms with Crippen LogP contribution in [0.15, 0.2) is 36.7 Å². The Morgan fingerprint density at radius 1 is 1.31 bits per heavy atom. The fourth-order valence-electron chi connectivity index (χ4n) is 3.27. The number of ether oxygens (including phenoxy) is 1. The SMILES string of the molecule is CC1CN(CCNC(=O)c2cnn(Cc3ccccc3Cl)c2)CC(C)O1. The van der Waals surface area contributed by atoms with E-state index in [0.29, 0.717) is 23.7 Å². The van der Waals surface area contributed by atoms with Crippen molar-refractivity contribution in [3.8, 4) is 0 Å². The van der Waals surface area contributed by atoms with Crippen LogP contribution in [-0.2, 0) is 11.3 Å². The lowest BCUT2D eigenvalue weighted by Crippen LogP contribution is -2.47. The van der Waals surface area contributed by atoms with E-state index in [1.807, 2.05) is 24.3 Å². The molecule has 1 saturated heterocycles. The zero-order valence-corrected chi connectivity index (χ0v) is 15.9. The van der Waals surface area contributed by atoms with Gasteiger partial charge in [-0.2, -0.15) is 5.10 Å². The van der Waals surface area contributed by atoms with Gasteiger partial charge in [0, 0.05) is 37.4 Å². The van der Waals surface area contributed by atoms with E-state index in [-0.39, 0.29) is 18.1 Å². The summed E-state index contributed by atoms with van der Waals surface area (Å²) in [5.41, 5.74) is 1.53. The molecule has 2 heterocycles. The molecule has 1 aliphatic heterocycles. The first-order valence-corrected chi connectivity index (χ1v) is 9.31. The molecule has 2 atom stereocenters. The molecule has 1 N–H and O–H groups in total. The second-order valence-electron chi connectivity index (χ2n) is 6.79. The van der Waals surface area contributed by atoms with Gasteiger partial charge in [0.1, 0.15) is 0 Å². The number of morpholine rings is 1. The van der Waals surface area contributed by atoms with Gasteiger partial charge < -0.3 is 10.1 Å². The first-order valence-electron chi connectivity index (χ1n) is 8.93. The number of rotatable bonds is 6. The molecule has 3 rings (SSSR count). The number of carbonyl (C=O) groups is 1. The van der Waals surface area contributed by atoms with Crippen LogP contribution in [0.25, 0.3) is 0 Å².